The number of imidazole rings is 1. The van der Waals surface area contributed by atoms with Crippen molar-refractivity contribution in [2.75, 3.05) is 28.4 Å². The Bertz CT molecular complexity index is 1650. The van der Waals surface area contributed by atoms with Crippen molar-refractivity contribution in [1.29, 1.82) is 0 Å². The molecule has 1 aliphatic heterocycles. The highest BCUT2D eigenvalue weighted by Crippen LogP contribution is 2.40. The number of nitrogens with zero attached hydrogens (tertiary/aromatic N) is 3. The molecule has 1 amide bonds. The normalized spacial score (nSPS) is 15.4. The van der Waals surface area contributed by atoms with Crippen molar-refractivity contribution >= 4 is 38.7 Å². The average Bonchev–Trinajstić information content (AvgIpc) is 3.46. The number of carbonyl (C=O) groups is 1. The number of sulfonamides is 1. The number of aryl methyl sites for hydroxylation is 2. The van der Waals surface area contributed by atoms with E-state index in [4.69, 9.17) is 9.72 Å². The van der Waals surface area contributed by atoms with Gasteiger partial charge in [0.15, 0.2) is 5.75 Å². The Labute approximate surface area is 241 Å². The SMILES string of the molecule is COc1c(NC(=O)c2ccc(C)c(N3C=C(c4cn(C)c(C5CC5)n4)NN3)c2)cc(C(C)(C)C)cc1NS(C)(=O)=O. The van der Waals surface area contributed by atoms with Crippen molar-refractivity contribution in [3.05, 3.63) is 70.9 Å². The molecule has 0 bridgehead atoms. The summed E-state index contributed by atoms with van der Waals surface area (Å²) < 4.78 is 34.3. The van der Waals surface area contributed by atoms with Gasteiger partial charge in [0.05, 0.1) is 42.3 Å². The molecule has 218 valence electrons. The van der Waals surface area contributed by atoms with Crippen LogP contribution >= 0.6 is 0 Å². The second kappa shape index (κ2) is 10.4. The van der Waals surface area contributed by atoms with Gasteiger partial charge in [-0.05, 0) is 60.6 Å². The molecule has 12 heteroatoms. The third-order valence-electron chi connectivity index (χ3n) is 7.13. The monoisotopic (exact) mass is 579 g/mol. The number of hydrogen-bond acceptors (Lipinski definition) is 8. The third-order valence-corrected chi connectivity index (χ3v) is 7.72. The van der Waals surface area contributed by atoms with Gasteiger partial charge in [0, 0.05) is 24.7 Å². The first-order chi connectivity index (χ1) is 19.2. The minimum absolute atomic E-state index is 0.225. The van der Waals surface area contributed by atoms with Crippen LogP contribution in [0.4, 0.5) is 17.1 Å². The lowest BCUT2D eigenvalue weighted by Crippen LogP contribution is -2.36. The van der Waals surface area contributed by atoms with Gasteiger partial charge in [-0.25, -0.2) is 13.4 Å². The minimum Gasteiger partial charge on any atom is -0.492 e. The van der Waals surface area contributed by atoms with E-state index in [1.807, 2.05) is 64.3 Å². The maximum Gasteiger partial charge on any atom is 0.255 e. The molecular formula is C29H37N7O4S. The molecule has 11 nitrogen and oxygen atoms in total. The average molecular weight is 580 g/mol. The molecule has 0 spiro atoms. The number of ether oxygens (including phenoxy) is 1. The van der Waals surface area contributed by atoms with Crippen LogP contribution in [0.2, 0.25) is 0 Å². The van der Waals surface area contributed by atoms with Crippen LogP contribution in [0.15, 0.2) is 42.7 Å². The minimum atomic E-state index is -3.59. The van der Waals surface area contributed by atoms with E-state index >= 15 is 0 Å². The molecule has 0 saturated heterocycles. The fourth-order valence-corrected chi connectivity index (χ4v) is 5.31. The summed E-state index contributed by atoms with van der Waals surface area (Å²) in [6.07, 6.45) is 7.36. The van der Waals surface area contributed by atoms with Gasteiger partial charge in [0.25, 0.3) is 5.91 Å². The van der Waals surface area contributed by atoms with Crippen LogP contribution in [-0.4, -0.2) is 37.2 Å². The summed E-state index contributed by atoms with van der Waals surface area (Å²) in [5, 5.41) is 4.75. The Hall–Kier alpha value is -4.03. The fraction of sp³-hybridized carbons (Fsp3) is 0.379. The third kappa shape index (κ3) is 6.18. The zero-order valence-corrected chi connectivity index (χ0v) is 25.2. The molecule has 1 aliphatic carbocycles. The van der Waals surface area contributed by atoms with E-state index in [1.54, 1.807) is 18.2 Å². The van der Waals surface area contributed by atoms with Gasteiger partial charge in [0.1, 0.15) is 11.5 Å². The summed E-state index contributed by atoms with van der Waals surface area (Å²) >= 11 is 0. The van der Waals surface area contributed by atoms with E-state index in [-0.39, 0.29) is 22.8 Å². The molecule has 41 heavy (non-hydrogen) atoms. The number of anilines is 3. The number of hydrazine groups is 2. The van der Waals surface area contributed by atoms with Crippen molar-refractivity contribution in [1.82, 2.24) is 20.5 Å². The van der Waals surface area contributed by atoms with Gasteiger partial charge in [-0.3, -0.25) is 20.0 Å². The molecule has 2 aliphatic rings. The van der Waals surface area contributed by atoms with Crippen LogP contribution in [0, 0.1) is 6.92 Å². The van der Waals surface area contributed by atoms with Crippen molar-refractivity contribution in [2.24, 2.45) is 7.05 Å². The van der Waals surface area contributed by atoms with Crippen molar-refractivity contribution in [3.63, 3.8) is 0 Å². The first-order valence-electron chi connectivity index (χ1n) is 13.4. The highest BCUT2D eigenvalue weighted by Gasteiger charge is 2.29. The number of methoxy groups -OCH3 is 1. The lowest BCUT2D eigenvalue weighted by Gasteiger charge is -2.24. The van der Waals surface area contributed by atoms with E-state index in [2.05, 4.69) is 25.6 Å². The van der Waals surface area contributed by atoms with Gasteiger partial charge in [-0.1, -0.05) is 26.8 Å². The molecule has 3 aromatic rings. The second-order valence-electron chi connectivity index (χ2n) is 11.7. The van der Waals surface area contributed by atoms with E-state index in [0.717, 1.165) is 40.3 Å². The molecule has 4 N–H and O–H groups in total. The van der Waals surface area contributed by atoms with Gasteiger partial charge in [0.2, 0.25) is 10.0 Å². The summed E-state index contributed by atoms with van der Waals surface area (Å²) in [4.78, 5) is 18.3. The molecule has 1 aromatic heterocycles. The first-order valence-corrected chi connectivity index (χ1v) is 15.3. The topological polar surface area (TPSA) is 130 Å². The zero-order valence-electron chi connectivity index (χ0n) is 24.4. The molecule has 5 rings (SSSR count). The highest BCUT2D eigenvalue weighted by atomic mass is 32.2. The summed E-state index contributed by atoms with van der Waals surface area (Å²) in [5.41, 5.74) is 11.3. The molecule has 0 unspecified atom stereocenters. The molecule has 2 heterocycles. The predicted molar refractivity (Wildman–Crippen MR) is 161 cm³/mol. The number of carbonyl (C=O) groups excluding carboxylic acids is 1. The Morgan fingerprint density at radius 1 is 1.15 bits per heavy atom. The predicted octanol–water partition coefficient (Wildman–Crippen LogP) is 4.36. The number of aromatic nitrogens is 2. The van der Waals surface area contributed by atoms with Crippen molar-refractivity contribution in [3.8, 4) is 5.75 Å². The van der Waals surface area contributed by atoms with Crippen molar-refractivity contribution < 1.29 is 17.9 Å². The highest BCUT2D eigenvalue weighted by molar-refractivity contribution is 7.92. The Morgan fingerprint density at radius 3 is 2.49 bits per heavy atom. The standard InChI is InChI=1S/C29H37N7O4S/c1-17-8-9-19(12-25(17)36-16-24(32-34-36)23-15-35(5)27(30-23)18-10-11-18)28(37)31-21-13-20(29(2,3)4)14-22(26(21)40-6)33-41(7,38)39/h8-9,12-16,18,32-34H,10-11H2,1-7H3,(H,31,37). The van der Waals surface area contributed by atoms with Crippen molar-refractivity contribution in [2.45, 2.75) is 51.9 Å². The Morgan fingerprint density at radius 2 is 1.85 bits per heavy atom. The number of benzene rings is 2. The maximum atomic E-state index is 13.5. The lowest BCUT2D eigenvalue weighted by molar-refractivity contribution is 0.102. The van der Waals surface area contributed by atoms with Gasteiger partial charge in [-0.2, -0.15) is 0 Å². The van der Waals surface area contributed by atoms with Crippen LogP contribution in [-0.2, 0) is 22.5 Å². The van der Waals surface area contributed by atoms with Crippen LogP contribution < -0.4 is 30.7 Å². The van der Waals surface area contributed by atoms with Crippen LogP contribution in [0.25, 0.3) is 5.70 Å². The summed E-state index contributed by atoms with van der Waals surface area (Å²) in [6, 6.07) is 8.96. The smallest absolute Gasteiger partial charge is 0.255 e. The van der Waals surface area contributed by atoms with E-state index in [1.165, 1.54) is 20.0 Å². The number of amides is 1. The first kappa shape index (κ1) is 28.5. The molecule has 2 aromatic carbocycles. The molecule has 1 saturated carbocycles. The second-order valence-corrected chi connectivity index (χ2v) is 13.5. The fourth-order valence-electron chi connectivity index (χ4n) is 4.76. The van der Waals surface area contributed by atoms with Crippen LogP contribution in [0.5, 0.6) is 5.75 Å². The van der Waals surface area contributed by atoms with E-state index in [9.17, 15) is 13.2 Å². The summed E-state index contributed by atoms with van der Waals surface area (Å²) in [5.74, 6) is 1.49. The number of hydrogen-bond donors (Lipinski definition) is 4. The maximum absolute atomic E-state index is 13.5. The Balaban J connectivity index is 1.43. The zero-order chi connectivity index (χ0) is 29.7. The number of rotatable bonds is 8. The Kier molecular flexibility index (Phi) is 7.24. The summed E-state index contributed by atoms with van der Waals surface area (Å²) in [6.45, 7) is 7.99. The number of nitrogens with one attached hydrogen (secondary N) is 4. The quantitative estimate of drug-likeness (QED) is 0.310. The summed E-state index contributed by atoms with van der Waals surface area (Å²) in [7, 11) is -0.136. The lowest BCUT2D eigenvalue weighted by atomic mass is 9.86. The van der Waals surface area contributed by atoms with Gasteiger partial charge in [-0.15, -0.1) is 5.53 Å². The van der Waals surface area contributed by atoms with Crippen LogP contribution in [0.1, 0.15) is 72.5 Å². The molecular weight excluding hydrogens is 542 g/mol. The van der Waals surface area contributed by atoms with Crippen LogP contribution in [0.3, 0.4) is 0 Å². The molecule has 0 atom stereocenters. The molecule has 1 fully saturated rings. The van der Waals surface area contributed by atoms with Gasteiger partial charge >= 0.3 is 0 Å². The largest absolute Gasteiger partial charge is 0.492 e. The molecule has 0 radical (unpaired) electrons. The van der Waals surface area contributed by atoms with E-state index in [0.29, 0.717) is 17.2 Å². The van der Waals surface area contributed by atoms with E-state index < -0.39 is 10.0 Å². The van der Waals surface area contributed by atoms with Gasteiger partial charge < -0.3 is 14.6 Å².